The second-order valence-corrected chi connectivity index (χ2v) is 6.49. The fourth-order valence-corrected chi connectivity index (χ4v) is 3.29. The molecule has 16 heavy (non-hydrogen) atoms. The molecule has 90 valence electrons. The maximum absolute atomic E-state index is 4.50. The lowest BCUT2D eigenvalue weighted by atomic mass is 9.73. The Kier molecular flexibility index (Phi) is 3.65. The van der Waals surface area contributed by atoms with Gasteiger partial charge in [-0.25, -0.2) is 4.98 Å². The van der Waals surface area contributed by atoms with Crippen molar-refractivity contribution in [2.24, 2.45) is 5.41 Å². The monoisotopic (exact) mass is 238 g/mol. The Morgan fingerprint density at radius 3 is 2.94 bits per heavy atom. The predicted octanol–water partition coefficient (Wildman–Crippen LogP) is 3.51. The van der Waals surface area contributed by atoms with Crippen LogP contribution in [-0.2, 0) is 6.54 Å². The van der Waals surface area contributed by atoms with Crippen LogP contribution in [0.1, 0.15) is 50.2 Å². The first-order valence-corrected chi connectivity index (χ1v) is 7.10. The Morgan fingerprint density at radius 2 is 2.31 bits per heavy atom. The van der Waals surface area contributed by atoms with Gasteiger partial charge in [-0.15, -0.1) is 11.3 Å². The minimum atomic E-state index is 0.449. The van der Waals surface area contributed by atoms with Gasteiger partial charge in [0, 0.05) is 23.7 Å². The van der Waals surface area contributed by atoms with Crippen LogP contribution in [0, 0.1) is 12.3 Å². The fourth-order valence-electron chi connectivity index (χ4n) is 2.57. The minimum absolute atomic E-state index is 0.449. The first-order valence-electron chi connectivity index (χ1n) is 6.22. The topological polar surface area (TPSA) is 24.9 Å². The highest BCUT2D eigenvalue weighted by Crippen LogP contribution is 2.35. The van der Waals surface area contributed by atoms with Gasteiger partial charge in [0.05, 0.1) is 0 Å². The van der Waals surface area contributed by atoms with E-state index in [2.05, 4.69) is 36.5 Å². The standard InChI is InChI=1S/C13H22N2S/c1-10-9-16-12(15-10)8-14-11-6-4-5-7-13(11,2)3/h9,11,14H,4-8H2,1-3H3. The maximum atomic E-state index is 4.50. The van der Waals surface area contributed by atoms with Gasteiger partial charge < -0.3 is 5.32 Å². The third-order valence-electron chi connectivity index (χ3n) is 3.67. The molecule has 3 heteroatoms. The lowest BCUT2D eigenvalue weighted by Crippen LogP contribution is -2.43. The lowest BCUT2D eigenvalue weighted by molar-refractivity contribution is 0.166. The van der Waals surface area contributed by atoms with Crippen molar-refractivity contribution in [2.75, 3.05) is 0 Å². The van der Waals surface area contributed by atoms with Crippen molar-refractivity contribution in [2.45, 2.75) is 59.0 Å². The number of aryl methyl sites for hydroxylation is 1. The minimum Gasteiger partial charge on any atom is -0.307 e. The summed E-state index contributed by atoms with van der Waals surface area (Å²) in [5.41, 5.74) is 1.59. The zero-order chi connectivity index (χ0) is 11.6. The summed E-state index contributed by atoms with van der Waals surface area (Å²) in [6.45, 7) is 7.77. The summed E-state index contributed by atoms with van der Waals surface area (Å²) in [6, 6.07) is 0.658. The van der Waals surface area contributed by atoms with Crippen molar-refractivity contribution in [1.29, 1.82) is 0 Å². The summed E-state index contributed by atoms with van der Waals surface area (Å²) < 4.78 is 0. The Balaban J connectivity index is 1.89. The highest BCUT2D eigenvalue weighted by atomic mass is 32.1. The summed E-state index contributed by atoms with van der Waals surface area (Å²) in [6.07, 6.45) is 5.43. The predicted molar refractivity (Wildman–Crippen MR) is 69.7 cm³/mol. The highest BCUT2D eigenvalue weighted by Gasteiger charge is 2.31. The third kappa shape index (κ3) is 2.83. The molecule has 0 radical (unpaired) electrons. The van der Waals surface area contributed by atoms with Crippen molar-refractivity contribution < 1.29 is 0 Å². The molecule has 1 saturated carbocycles. The van der Waals surface area contributed by atoms with Gasteiger partial charge >= 0.3 is 0 Å². The van der Waals surface area contributed by atoms with Crippen LogP contribution >= 0.6 is 11.3 Å². The van der Waals surface area contributed by atoms with Crippen molar-refractivity contribution >= 4 is 11.3 Å². The lowest BCUT2D eigenvalue weighted by Gasteiger charge is -2.39. The first-order chi connectivity index (χ1) is 7.58. The van der Waals surface area contributed by atoms with Gasteiger partial charge in [0.15, 0.2) is 0 Å². The van der Waals surface area contributed by atoms with E-state index >= 15 is 0 Å². The summed E-state index contributed by atoms with van der Waals surface area (Å²) in [5, 5.41) is 7.04. The van der Waals surface area contributed by atoms with Gasteiger partial charge in [-0.3, -0.25) is 0 Å². The number of nitrogens with one attached hydrogen (secondary N) is 1. The summed E-state index contributed by atoms with van der Waals surface area (Å²) in [7, 11) is 0. The van der Waals surface area contributed by atoms with E-state index < -0.39 is 0 Å². The summed E-state index contributed by atoms with van der Waals surface area (Å²) >= 11 is 1.76. The molecule has 1 unspecified atom stereocenters. The largest absolute Gasteiger partial charge is 0.307 e. The van der Waals surface area contributed by atoms with Crippen LogP contribution in [0.3, 0.4) is 0 Å². The molecule has 0 spiro atoms. The molecule has 1 aromatic heterocycles. The Bertz CT molecular complexity index is 343. The van der Waals surface area contributed by atoms with Crippen LogP contribution in [0.2, 0.25) is 0 Å². The van der Waals surface area contributed by atoms with Crippen molar-refractivity contribution in [1.82, 2.24) is 10.3 Å². The quantitative estimate of drug-likeness (QED) is 0.871. The number of hydrogen-bond acceptors (Lipinski definition) is 3. The van der Waals surface area contributed by atoms with E-state index in [1.165, 1.54) is 30.7 Å². The van der Waals surface area contributed by atoms with E-state index in [9.17, 15) is 0 Å². The van der Waals surface area contributed by atoms with Crippen molar-refractivity contribution in [3.8, 4) is 0 Å². The second kappa shape index (κ2) is 4.84. The Labute approximate surface area is 102 Å². The normalized spacial score (nSPS) is 24.6. The average molecular weight is 238 g/mol. The average Bonchev–Trinajstić information content (AvgIpc) is 2.62. The number of rotatable bonds is 3. The SMILES string of the molecule is Cc1csc(CNC2CCCCC2(C)C)n1. The molecule has 1 atom stereocenters. The maximum Gasteiger partial charge on any atom is 0.107 e. The van der Waals surface area contributed by atoms with Crippen LogP contribution < -0.4 is 5.32 Å². The number of hydrogen-bond donors (Lipinski definition) is 1. The molecule has 1 aliphatic rings. The van der Waals surface area contributed by atoms with Gasteiger partial charge in [-0.05, 0) is 25.2 Å². The molecule has 1 aliphatic carbocycles. The van der Waals surface area contributed by atoms with Gasteiger partial charge in [-0.1, -0.05) is 26.7 Å². The molecular formula is C13H22N2S. The van der Waals surface area contributed by atoms with Crippen molar-refractivity contribution in [3.63, 3.8) is 0 Å². The Morgan fingerprint density at radius 1 is 1.50 bits per heavy atom. The molecular weight excluding hydrogens is 216 g/mol. The second-order valence-electron chi connectivity index (χ2n) is 5.55. The van der Waals surface area contributed by atoms with Gasteiger partial charge in [0.2, 0.25) is 0 Å². The van der Waals surface area contributed by atoms with Crippen LogP contribution in [0.25, 0.3) is 0 Å². The zero-order valence-electron chi connectivity index (χ0n) is 10.5. The smallest absolute Gasteiger partial charge is 0.107 e. The molecule has 0 aromatic carbocycles. The van der Waals surface area contributed by atoms with Gasteiger partial charge in [0.1, 0.15) is 5.01 Å². The molecule has 1 N–H and O–H groups in total. The first kappa shape index (κ1) is 12.1. The van der Waals surface area contributed by atoms with Gasteiger partial charge in [-0.2, -0.15) is 0 Å². The molecule has 1 heterocycles. The number of thiazole rings is 1. The highest BCUT2D eigenvalue weighted by molar-refractivity contribution is 7.09. The molecule has 2 nitrogen and oxygen atoms in total. The van der Waals surface area contributed by atoms with E-state index in [0.29, 0.717) is 11.5 Å². The molecule has 0 bridgehead atoms. The van der Waals surface area contributed by atoms with Gasteiger partial charge in [0.25, 0.3) is 0 Å². The molecule has 1 aromatic rings. The molecule has 1 fully saturated rings. The van der Waals surface area contributed by atoms with Crippen LogP contribution in [0.5, 0.6) is 0 Å². The van der Waals surface area contributed by atoms with E-state index in [1.807, 2.05) is 0 Å². The van der Waals surface area contributed by atoms with Crippen LogP contribution in [-0.4, -0.2) is 11.0 Å². The number of nitrogens with zero attached hydrogens (tertiary/aromatic N) is 1. The summed E-state index contributed by atoms with van der Waals surface area (Å²) in [5.74, 6) is 0. The van der Waals surface area contributed by atoms with Crippen LogP contribution in [0.15, 0.2) is 5.38 Å². The fraction of sp³-hybridized carbons (Fsp3) is 0.769. The molecule has 2 rings (SSSR count). The summed E-state index contributed by atoms with van der Waals surface area (Å²) in [4.78, 5) is 4.50. The molecule has 0 aliphatic heterocycles. The van der Waals surface area contributed by atoms with E-state index in [1.54, 1.807) is 11.3 Å². The zero-order valence-corrected chi connectivity index (χ0v) is 11.4. The van der Waals surface area contributed by atoms with E-state index in [4.69, 9.17) is 0 Å². The third-order valence-corrected chi connectivity index (χ3v) is 4.64. The van der Waals surface area contributed by atoms with E-state index in [-0.39, 0.29) is 0 Å². The Hall–Kier alpha value is -0.410. The van der Waals surface area contributed by atoms with E-state index in [0.717, 1.165) is 12.2 Å². The van der Waals surface area contributed by atoms with Crippen molar-refractivity contribution in [3.05, 3.63) is 16.1 Å². The van der Waals surface area contributed by atoms with Crippen LogP contribution in [0.4, 0.5) is 0 Å². The molecule has 0 amide bonds. The number of aromatic nitrogens is 1. The molecule has 0 saturated heterocycles.